The molecular weight excluding hydrogens is 313 g/mol. The Labute approximate surface area is 141 Å². The number of allylic oxidation sites excluding steroid dienone is 1. The van der Waals surface area contributed by atoms with E-state index >= 15 is 0 Å². The maximum atomic E-state index is 13.3. The first-order valence-corrected chi connectivity index (χ1v) is 9.19. The molecule has 0 atom stereocenters. The molecule has 3 nitrogen and oxygen atoms in total. The van der Waals surface area contributed by atoms with Gasteiger partial charge in [0, 0.05) is 17.9 Å². The summed E-state index contributed by atoms with van der Waals surface area (Å²) in [5.74, 6) is 1.33. The average molecular weight is 337 g/mol. The molecule has 1 aromatic rings. The third-order valence-corrected chi connectivity index (χ3v) is 4.87. The van der Waals surface area contributed by atoms with Gasteiger partial charge in [-0.1, -0.05) is 11.6 Å². The molecule has 1 N–H and O–H groups in total. The molecule has 2 rings (SSSR count). The van der Waals surface area contributed by atoms with Crippen LogP contribution in [0.2, 0.25) is 0 Å². The first-order chi connectivity index (χ1) is 11.2. The van der Waals surface area contributed by atoms with Gasteiger partial charge in [0.25, 0.3) is 0 Å². The lowest BCUT2D eigenvalue weighted by Gasteiger charge is -2.13. The minimum absolute atomic E-state index is 0.0294. The summed E-state index contributed by atoms with van der Waals surface area (Å²) in [4.78, 5) is 11.8. The van der Waals surface area contributed by atoms with Crippen LogP contribution in [-0.2, 0) is 10.5 Å². The summed E-state index contributed by atoms with van der Waals surface area (Å²) in [5, 5.41) is 2.95. The predicted molar refractivity (Wildman–Crippen MR) is 93.3 cm³/mol. The normalized spacial score (nSPS) is 14.3. The smallest absolute Gasteiger partial charge is 0.230 e. The lowest BCUT2D eigenvalue weighted by Crippen LogP contribution is -2.26. The van der Waals surface area contributed by atoms with Gasteiger partial charge in [0.05, 0.1) is 12.9 Å². The Morgan fingerprint density at radius 2 is 2.26 bits per heavy atom. The molecule has 0 bridgehead atoms. The number of amides is 1. The molecule has 1 aliphatic carbocycles. The van der Waals surface area contributed by atoms with Gasteiger partial charge in [-0.3, -0.25) is 4.79 Å². The number of methoxy groups -OCH3 is 1. The SMILES string of the molecule is COc1ccc(F)cc1CSCC(=O)NCCC1=CCCCC1. The van der Waals surface area contributed by atoms with Crippen LogP contribution in [0, 0.1) is 5.82 Å². The van der Waals surface area contributed by atoms with E-state index in [4.69, 9.17) is 4.74 Å². The fourth-order valence-electron chi connectivity index (χ4n) is 2.66. The zero-order valence-corrected chi connectivity index (χ0v) is 14.4. The molecule has 1 amide bonds. The third kappa shape index (κ3) is 6.26. The van der Waals surface area contributed by atoms with Crippen LogP contribution < -0.4 is 10.1 Å². The van der Waals surface area contributed by atoms with Gasteiger partial charge < -0.3 is 10.1 Å². The van der Waals surface area contributed by atoms with Crippen molar-refractivity contribution in [3.05, 3.63) is 41.2 Å². The fraction of sp³-hybridized carbons (Fsp3) is 0.500. The van der Waals surface area contributed by atoms with Crippen LogP contribution in [-0.4, -0.2) is 25.3 Å². The summed E-state index contributed by atoms with van der Waals surface area (Å²) in [7, 11) is 1.56. The number of hydrogen-bond acceptors (Lipinski definition) is 3. The number of hydrogen-bond donors (Lipinski definition) is 1. The summed E-state index contributed by atoms with van der Waals surface area (Å²) >= 11 is 1.47. The minimum atomic E-state index is -0.286. The van der Waals surface area contributed by atoms with Crippen LogP contribution in [0.1, 0.15) is 37.7 Å². The maximum Gasteiger partial charge on any atom is 0.230 e. The van der Waals surface area contributed by atoms with Gasteiger partial charge in [-0.25, -0.2) is 4.39 Å². The first-order valence-electron chi connectivity index (χ1n) is 8.04. The number of ether oxygens (including phenoxy) is 1. The number of rotatable bonds is 8. The molecule has 23 heavy (non-hydrogen) atoms. The summed E-state index contributed by atoms with van der Waals surface area (Å²) in [6.07, 6.45) is 8.16. The molecule has 0 saturated carbocycles. The summed E-state index contributed by atoms with van der Waals surface area (Å²) in [5.41, 5.74) is 2.24. The molecule has 0 saturated heterocycles. The zero-order valence-electron chi connectivity index (χ0n) is 13.6. The summed E-state index contributed by atoms with van der Waals surface area (Å²) in [6, 6.07) is 4.45. The van der Waals surface area contributed by atoms with Crippen molar-refractivity contribution >= 4 is 17.7 Å². The van der Waals surface area contributed by atoms with Crippen molar-refractivity contribution in [1.29, 1.82) is 0 Å². The van der Waals surface area contributed by atoms with E-state index in [1.54, 1.807) is 13.2 Å². The Balaban J connectivity index is 1.66. The molecule has 0 heterocycles. The van der Waals surface area contributed by atoms with Gasteiger partial charge in [0.15, 0.2) is 0 Å². The van der Waals surface area contributed by atoms with Crippen LogP contribution in [0.15, 0.2) is 29.8 Å². The monoisotopic (exact) mass is 337 g/mol. The Kier molecular flexibility index (Phi) is 7.46. The van der Waals surface area contributed by atoms with E-state index in [0.29, 0.717) is 23.8 Å². The van der Waals surface area contributed by atoms with Gasteiger partial charge in [-0.15, -0.1) is 11.8 Å². The molecule has 0 unspecified atom stereocenters. The molecule has 1 aliphatic rings. The molecule has 5 heteroatoms. The second-order valence-electron chi connectivity index (χ2n) is 5.66. The van der Waals surface area contributed by atoms with Gasteiger partial charge in [-0.05, 0) is 50.3 Å². The van der Waals surface area contributed by atoms with E-state index in [2.05, 4.69) is 11.4 Å². The van der Waals surface area contributed by atoms with Gasteiger partial charge in [0.2, 0.25) is 5.91 Å². The van der Waals surface area contributed by atoms with Crippen molar-refractivity contribution in [2.75, 3.05) is 19.4 Å². The quantitative estimate of drug-likeness (QED) is 0.727. The number of carbonyl (C=O) groups excluding carboxylic acids is 1. The average Bonchev–Trinajstić information content (AvgIpc) is 2.56. The summed E-state index contributed by atoms with van der Waals surface area (Å²) < 4.78 is 18.5. The van der Waals surface area contributed by atoms with Crippen molar-refractivity contribution in [3.8, 4) is 5.75 Å². The van der Waals surface area contributed by atoms with Crippen molar-refractivity contribution < 1.29 is 13.9 Å². The lowest BCUT2D eigenvalue weighted by molar-refractivity contribution is -0.118. The lowest BCUT2D eigenvalue weighted by atomic mass is 9.97. The molecule has 0 fully saturated rings. The standard InChI is InChI=1S/C18H24FNO2S/c1-22-17-8-7-16(19)11-15(17)12-23-13-18(21)20-10-9-14-5-3-2-4-6-14/h5,7-8,11H,2-4,6,9-10,12-13H2,1H3,(H,20,21). The second-order valence-corrected chi connectivity index (χ2v) is 6.64. The Morgan fingerprint density at radius 3 is 3.00 bits per heavy atom. The second kappa shape index (κ2) is 9.60. The van der Waals surface area contributed by atoms with Gasteiger partial charge >= 0.3 is 0 Å². The minimum Gasteiger partial charge on any atom is -0.496 e. The molecule has 0 aliphatic heterocycles. The highest BCUT2D eigenvalue weighted by Gasteiger charge is 2.08. The molecule has 1 aromatic carbocycles. The molecule has 126 valence electrons. The van der Waals surface area contributed by atoms with Crippen LogP contribution >= 0.6 is 11.8 Å². The largest absolute Gasteiger partial charge is 0.496 e. The number of benzene rings is 1. The predicted octanol–water partition coefficient (Wildman–Crippen LogP) is 4.07. The van der Waals surface area contributed by atoms with Crippen molar-refractivity contribution in [2.45, 2.75) is 37.9 Å². The Hall–Kier alpha value is -1.49. The first kappa shape index (κ1) is 17.9. The third-order valence-electron chi connectivity index (χ3n) is 3.89. The van der Waals surface area contributed by atoms with Crippen molar-refractivity contribution in [1.82, 2.24) is 5.32 Å². The highest BCUT2D eigenvalue weighted by atomic mass is 32.2. The van der Waals surface area contributed by atoms with Crippen molar-refractivity contribution in [3.63, 3.8) is 0 Å². The van der Waals surface area contributed by atoms with Gasteiger partial charge in [0.1, 0.15) is 11.6 Å². The van der Waals surface area contributed by atoms with Crippen LogP contribution in [0.25, 0.3) is 0 Å². The Morgan fingerprint density at radius 1 is 1.39 bits per heavy atom. The van der Waals surface area contributed by atoms with Crippen molar-refractivity contribution in [2.24, 2.45) is 0 Å². The van der Waals surface area contributed by atoms with Crippen LogP contribution in [0.5, 0.6) is 5.75 Å². The number of nitrogens with one attached hydrogen (secondary N) is 1. The van der Waals surface area contributed by atoms with Crippen LogP contribution in [0.4, 0.5) is 4.39 Å². The van der Waals surface area contributed by atoms with E-state index in [1.165, 1.54) is 55.2 Å². The van der Waals surface area contributed by atoms with E-state index in [1.807, 2.05) is 0 Å². The van der Waals surface area contributed by atoms with E-state index < -0.39 is 0 Å². The molecule has 0 aromatic heterocycles. The maximum absolute atomic E-state index is 13.3. The Bertz CT molecular complexity index is 560. The van der Waals surface area contributed by atoms with E-state index in [-0.39, 0.29) is 11.7 Å². The highest BCUT2D eigenvalue weighted by molar-refractivity contribution is 7.99. The fourth-order valence-corrected chi connectivity index (χ4v) is 3.49. The number of carbonyl (C=O) groups is 1. The summed E-state index contributed by atoms with van der Waals surface area (Å²) in [6.45, 7) is 0.703. The molecule has 0 radical (unpaired) electrons. The van der Waals surface area contributed by atoms with E-state index in [0.717, 1.165) is 12.0 Å². The highest BCUT2D eigenvalue weighted by Crippen LogP contribution is 2.24. The number of thioether (sulfide) groups is 1. The topological polar surface area (TPSA) is 38.3 Å². The van der Waals surface area contributed by atoms with Gasteiger partial charge in [-0.2, -0.15) is 0 Å². The molecule has 0 spiro atoms. The number of halogens is 1. The van der Waals surface area contributed by atoms with E-state index in [9.17, 15) is 9.18 Å². The zero-order chi connectivity index (χ0) is 16.5. The molecular formula is C18H24FNO2S. The van der Waals surface area contributed by atoms with Crippen LogP contribution in [0.3, 0.4) is 0 Å².